The van der Waals surface area contributed by atoms with Gasteiger partial charge in [-0.15, -0.1) is 0 Å². The minimum atomic E-state index is -0.910. The maximum atomic E-state index is 11.5. The van der Waals surface area contributed by atoms with Crippen LogP contribution in [0.5, 0.6) is 0 Å². The van der Waals surface area contributed by atoms with E-state index in [0.29, 0.717) is 6.42 Å². The zero-order chi connectivity index (χ0) is 13.0. The lowest BCUT2D eigenvalue weighted by atomic mass is 10.0. The van der Waals surface area contributed by atoms with Crippen LogP contribution in [0.1, 0.15) is 13.3 Å². The zero-order valence-electron chi connectivity index (χ0n) is 9.84. The number of methoxy groups -OCH3 is 2. The Bertz CT molecular complexity index is 295. The van der Waals surface area contributed by atoms with E-state index in [0.717, 1.165) is 0 Å². The molecule has 0 radical (unpaired) electrons. The van der Waals surface area contributed by atoms with E-state index in [1.165, 1.54) is 21.1 Å². The van der Waals surface area contributed by atoms with Crippen LogP contribution in [0.2, 0.25) is 0 Å². The fourth-order valence-corrected chi connectivity index (χ4v) is 2.31. The lowest BCUT2D eigenvalue weighted by Crippen LogP contribution is -2.53. The average molecular weight is 311 g/mol. The Labute approximate surface area is 108 Å². The molecule has 0 bridgehead atoms. The number of alkyl halides is 1. The van der Waals surface area contributed by atoms with Crippen molar-refractivity contribution in [2.75, 3.05) is 14.2 Å². The number of hydrogen-bond donors (Lipinski definition) is 0. The highest BCUT2D eigenvalue weighted by Crippen LogP contribution is 2.28. The highest BCUT2D eigenvalue weighted by Gasteiger charge is 2.44. The van der Waals surface area contributed by atoms with E-state index in [-0.39, 0.29) is 5.01 Å². The maximum Gasteiger partial charge on any atom is 0.337 e. The fourth-order valence-electron chi connectivity index (χ4n) is 1.71. The first kappa shape index (κ1) is 14.4. The minimum Gasteiger partial charge on any atom is -0.467 e. The summed E-state index contributed by atoms with van der Waals surface area (Å²) in [6, 6.07) is 0. The van der Waals surface area contributed by atoms with Crippen molar-refractivity contribution < 1.29 is 28.5 Å². The van der Waals surface area contributed by atoms with Gasteiger partial charge < -0.3 is 18.9 Å². The first-order valence-corrected chi connectivity index (χ1v) is 5.98. The largest absolute Gasteiger partial charge is 0.467 e. The van der Waals surface area contributed by atoms with Gasteiger partial charge in [-0.25, -0.2) is 4.79 Å². The summed E-state index contributed by atoms with van der Waals surface area (Å²) < 4.78 is 20.3. The summed E-state index contributed by atoms with van der Waals surface area (Å²) >= 11 is 3.24. The normalized spacial score (nSPS) is 32.9. The molecule has 0 aliphatic carbocycles. The summed E-state index contributed by atoms with van der Waals surface area (Å²) in [5, 5.41) is -0.387. The van der Waals surface area contributed by atoms with E-state index in [1.54, 1.807) is 0 Å². The number of esters is 2. The molecule has 0 aromatic heterocycles. The van der Waals surface area contributed by atoms with Gasteiger partial charge in [0.25, 0.3) is 0 Å². The summed E-state index contributed by atoms with van der Waals surface area (Å²) in [6.45, 7) is 1.30. The average Bonchev–Trinajstić information content (AvgIpc) is 2.26. The number of halogens is 1. The van der Waals surface area contributed by atoms with Crippen LogP contribution in [-0.2, 0) is 28.5 Å². The third kappa shape index (κ3) is 3.65. The van der Waals surface area contributed by atoms with Crippen molar-refractivity contribution in [2.45, 2.75) is 36.7 Å². The molecular weight excluding hydrogens is 296 g/mol. The van der Waals surface area contributed by atoms with Gasteiger partial charge in [0.2, 0.25) is 0 Å². The Hall–Kier alpha value is -0.660. The van der Waals surface area contributed by atoms with Crippen LogP contribution in [-0.4, -0.2) is 49.5 Å². The molecule has 1 fully saturated rings. The molecule has 0 N–H and O–H groups in total. The molecule has 0 aromatic carbocycles. The first-order valence-electron chi connectivity index (χ1n) is 5.07. The molecule has 6 nitrogen and oxygen atoms in total. The van der Waals surface area contributed by atoms with E-state index in [4.69, 9.17) is 14.2 Å². The highest BCUT2D eigenvalue weighted by molar-refractivity contribution is 9.09. The van der Waals surface area contributed by atoms with Crippen molar-refractivity contribution in [3.05, 3.63) is 0 Å². The van der Waals surface area contributed by atoms with E-state index in [2.05, 4.69) is 20.7 Å². The Kier molecular flexibility index (Phi) is 5.35. The molecule has 1 aliphatic rings. The van der Waals surface area contributed by atoms with Gasteiger partial charge in [0.15, 0.2) is 6.10 Å². The monoisotopic (exact) mass is 310 g/mol. The van der Waals surface area contributed by atoms with Crippen LogP contribution >= 0.6 is 15.9 Å². The van der Waals surface area contributed by atoms with E-state index >= 15 is 0 Å². The summed E-state index contributed by atoms with van der Waals surface area (Å²) in [6.07, 6.45) is -1.71. The van der Waals surface area contributed by atoms with Crippen LogP contribution in [0, 0.1) is 0 Å². The zero-order valence-corrected chi connectivity index (χ0v) is 11.4. The van der Waals surface area contributed by atoms with Crippen LogP contribution in [0.4, 0.5) is 0 Å². The smallest absolute Gasteiger partial charge is 0.337 e. The van der Waals surface area contributed by atoms with Crippen molar-refractivity contribution >= 4 is 27.9 Å². The third-order valence-corrected chi connectivity index (χ3v) is 2.99. The number of ether oxygens (including phenoxy) is 4. The van der Waals surface area contributed by atoms with Gasteiger partial charge >= 0.3 is 11.9 Å². The highest BCUT2D eigenvalue weighted by atomic mass is 79.9. The van der Waals surface area contributed by atoms with Crippen molar-refractivity contribution in [1.82, 2.24) is 0 Å². The molecule has 4 atom stereocenters. The standard InChI is InChI=1S/C10H15BrO6/c1-5(12)16-6-4-7(11)17-9(8(6)14-2)10(13)15-3/h6-9H,4H2,1-3H3/t6?,7-,8-,9?/m0/s1. The van der Waals surface area contributed by atoms with Gasteiger partial charge in [-0.2, -0.15) is 0 Å². The van der Waals surface area contributed by atoms with Gasteiger partial charge in [0.1, 0.15) is 17.2 Å². The first-order chi connectivity index (χ1) is 7.99. The third-order valence-electron chi connectivity index (χ3n) is 2.40. The molecule has 2 unspecified atom stereocenters. The van der Waals surface area contributed by atoms with Gasteiger partial charge in [0.05, 0.1) is 7.11 Å². The molecule has 0 saturated carbocycles. The number of carbonyl (C=O) groups is 2. The lowest BCUT2D eigenvalue weighted by Gasteiger charge is -2.37. The number of hydrogen-bond acceptors (Lipinski definition) is 6. The molecule has 0 spiro atoms. The van der Waals surface area contributed by atoms with Crippen molar-refractivity contribution in [3.8, 4) is 0 Å². The van der Waals surface area contributed by atoms with Crippen molar-refractivity contribution in [1.29, 1.82) is 0 Å². The second-order valence-corrected chi connectivity index (χ2v) is 4.60. The van der Waals surface area contributed by atoms with Crippen molar-refractivity contribution in [2.24, 2.45) is 0 Å². The van der Waals surface area contributed by atoms with E-state index in [9.17, 15) is 9.59 Å². The summed E-state index contributed by atoms with van der Waals surface area (Å²) in [4.78, 5) is 22.5. The van der Waals surface area contributed by atoms with Gasteiger partial charge in [-0.3, -0.25) is 4.79 Å². The Morgan fingerprint density at radius 1 is 1.35 bits per heavy atom. The van der Waals surface area contributed by atoms with Gasteiger partial charge in [-0.05, 0) is 0 Å². The summed E-state index contributed by atoms with van der Waals surface area (Å²) in [7, 11) is 2.69. The minimum absolute atomic E-state index is 0.387. The van der Waals surface area contributed by atoms with Gasteiger partial charge in [0, 0.05) is 20.5 Å². The SMILES string of the molecule is COC(=O)C1O[C@H](Br)CC(OC(C)=O)[C@@H]1OC. The van der Waals surface area contributed by atoms with Crippen molar-refractivity contribution in [3.63, 3.8) is 0 Å². The summed E-state index contributed by atoms with van der Waals surface area (Å²) in [5.74, 6) is -0.986. The van der Waals surface area contributed by atoms with E-state index < -0.39 is 30.3 Å². The molecule has 0 aromatic rings. The Morgan fingerprint density at radius 3 is 2.47 bits per heavy atom. The molecule has 0 amide bonds. The molecule has 1 saturated heterocycles. The topological polar surface area (TPSA) is 71.1 Å². The summed E-state index contributed by atoms with van der Waals surface area (Å²) in [5.41, 5.74) is 0. The molecule has 17 heavy (non-hydrogen) atoms. The molecular formula is C10H15BrO6. The molecule has 1 heterocycles. The molecule has 1 aliphatic heterocycles. The van der Waals surface area contributed by atoms with Crippen LogP contribution in [0.25, 0.3) is 0 Å². The Balaban J connectivity index is 2.82. The molecule has 7 heteroatoms. The maximum absolute atomic E-state index is 11.5. The van der Waals surface area contributed by atoms with Crippen LogP contribution < -0.4 is 0 Å². The molecule has 1 rings (SSSR count). The second kappa shape index (κ2) is 6.32. The predicted octanol–water partition coefficient (Wildman–Crippen LogP) is 0.616. The second-order valence-electron chi connectivity index (χ2n) is 3.57. The van der Waals surface area contributed by atoms with Crippen LogP contribution in [0.15, 0.2) is 0 Å². The number of carbonyl (C=O) groups excluding carboxylic acids is 2. The van der Waals surface area contributed by atoms with E-state index in [1.807, 2.05) is 0 Å². The number of rotatable bonds is 3. The fraction of sp³-hybridized carbons (Fsp3) is 0.800. The quantitative estimate of drug-likeness (QED) is 0.562. The Morgan fingerprint density at radius 2 is 2.00 bits per heavy atom. The lowest BCUT2D eigenvalue weighted by molar-refractivity contribution is -0.199. The van der Waals surface area contributed by atoms with Gasteiger partial charge in [-0.1, -0.05) is 15.9 Å². The predicted molar refractivity (Wildman–Crippen MR) is 60.6 cm³/mol. The molecule has 98 valence electrons. The van der Waals surface area contributed by atoms with Crippen LogP contribution in [0.3, 0.4) is 0 Å².